The zero-order chi connectivity index (χ0) is 18.4. The van der Waals surface area contributed by atoms with Gasteiger partial charge in [-0.3, -0.25) is 0 Å². The molecule has 2 rings (SSSR count). The number of nitrogens with zero attached hydrogens (tertiary/aromatic N) is 2. The molecule has 0 aromatic heterocycles. The third-order valence-corrected chi connectivity index (χ3v) is 5.31. The van der Waals surface area contributed by atoms with Gasteiger partial charge in [-0.1, -0.05) is 19.4 Å². The van der Waals surface area contributed by atoms with Crippen molar-refractivity contribution in [2.24, 2.45) is 5.41 Å². The molecule has 1 unspecified atom stereocenters. The molecular weight excluding hydrogens is 308 g/mol. The summed E-state index contributed by atoms with van der Waals surface area (Å²) in [6.07, 6.45) is 14.5. The average Bonchev–Trinajstić information content (AvgIpc) is 2.62. The quantitative estimate of drug-likeness (QED) is 0.669. The van der Waals surface area contributed by atoms with E-state index in [1.165, 1.54) is 49.3 Å². The summed E-state index contributed by atoms with van der Waals surface area (Å²) < 4.78 is 0. The number of likely N-dealkylation sites (N-methyl/N-ethyl adjacent to an activating group) is 1. The molecule has 2 aliphatic heterocycles. The van der Waals surface area contributed by atoms with Crippen LogP contribution in [0.1, 0.15) is 59.8 Å². The van der Waals surface area contributed by atoms with Crippen molar-refractivity contribution in [3.63, 3.8) is 0 Å². The van der Waals surface area contributed by atoms with Crippen molar-refractivity contribution in [3.8, 4) is 0 Å². The second-order valence-electron chi connectivity index (χ2n) is 8.19. The lowest BCUT2D eigenvalue weighted by atomic mass is 9.88. The average molecular weight is 345 g/mol. The highest BCUT2D eigenvalue weighted by Crippen LogP contribution is 2.27. The number of nitrogens with one attached hydrogen (secondary N) is 2. The Morgan fingerprint density at radius 3 is 2.60 bits per heavy atom. The van der Waals surface area contributed by atoms with Crippen molar-refractivity contribution in [2.45, 2.75) is 65.8 Å². The number of rotatable bonds is 7. The van der Waals surface area contributed by atoms with E-state index in [1.807, 2.05) is 7.05 Å². The summed E-state index contributed by atoms with van der Waals surface area (Å²) in [7, 11) is 2.01. The van der Waals surface area contributed by atoms with Gasteiger partial charge in [0.15, 0.2) is 0 Å². The lowest BCUT2D eigenvalue weighted by Gasteiger charge is -2.37. The SMILES string of the molecule is CNC1=CN(/C=C(\C)CCC(C)(C)C=N)C(C)C=C1N1CCCCC1. The lowest BCUT2D eigenvalue weighted by Crippen LogP contribution is -2.37. The minimum absolute atomic E-state index is 0.0179. The van der Waals surface area contributed by atoms with Crippen LogP contribution in [-0.2, 0) is 0 Å². The van der Waals surface area contributed by atoms with Crippen LogP contribution in [0.3, 0.4) is 0 Å². The minimum Gasteiger partial charge on any atom is -0.385 e. The van der Waals surface area contributed by atoms with E-state index in [-0.39, 0.29) is 5.41 Å². The van der Waals surface area contributed by atoms with E-state index in [4.69, 9.17) is 5.41 Å². The van der Waals surface area contributed by atoms with E-state index < -0.39 is 0 Å². The largest absolute Gasteiger partial charge is 0.385 e. The van der Waals surface area contributed by atoms with E-state index in [0.717, 1.165) is 12.8 Å². The fourth-order valence-corrected chi connectivity index (χ4v) is 3.41. The Labute approximate surface area is 154 Å². The van der Waals surface area contributed by atoms with Crippen molar-refractivity contribution >= 4 is 6.21 Å². The lowest BCUT2D eigenvalue weighted by molar-refractivity contribution is 0.278. The predicted molar refractivity (Wildman–Crippen MR) is 108 cm³/mol. The Balaban J connectivity index is 2.07. The van der Waals surface area contributed by atoms with E-state index in [1.54, 1.807) is 6.21 Å². The number of allylic oxidation sites excluding steroid dienone is 1. The molecule has 0 aromatic carbocycles. The Morgan fingerprint density at radius 2 is 2.00 bits per heavy atom. The van der Waals surface area contributed by atoms with Gasteiger partial charge in [-0.2, -0.15) is 0 Å². The van der Waals surface area contributed by atoms with Gasteiger partial charge in [-0.05, 0) is 57.4 Å². The standard InChI is InChI=1S/C21H36N4/c1-17(9-10-21(3,4)16-22)14-25-15-19(23-5)20(13-18(25)2)24-11-7-6-8-12-24/h13-16,18,22-23H,6-12H2,1-5H3/b17-14+,22-16?. The van der Waals surface area contributed by atoms with Gasteiger partial charge < -0.3 is 20.5 Å². The van der Waals surface area contributed by atoms with Gasteiger partial charge in [0.05, 0.1) is 17.4 Å². The van der Waals surface area contributed by atoms with Gasteiger partial charge in [0.2, 0.25) is 0 Å². The van der Waals surface area contributed by atoms with Gasteiger partial charge in [0, 0.05) is 38.8 Å². The molecule has 0 radical (unpaired) electrons. The van der Waals surface area contributed by atoms with Crippen LogP contribution in [-0.4, -0.2) is 42.2 Å². The minimum atomic E-state index is -0.0179. The van der Waals surface area contributed by atoms with E-state index in [0.29, 0.717) is 6.04 Å². The summed E-state index contributed by atoms with van der Waals surface area (Å²) in [6.45, 7) is 11.1. The Kier molecular flexibility index (Phi) is 6.74. The summed E-state index contributed by atoms with van der Waals surface area (Å²) in [5.74, 6) is 0. The molecule has 4 heteroatoms. The van der Waals surface area contributed by atoms with E-state index in [2.05, 4.69) is 61.3 Å². The molecule has 0 saturated carbocycles. The molecule has 0 aliphatic carbocycles. The zero-order valence-corrected chi connectivity index (χ0v) is 16.7. The second-order valence-corrected chi connectivity index (χ2v) is 8.19. The summed E-state index contributed by atoms with van der Waals surface area (Å²) in [5, 5.41) is 10.9. The first-order valence-electron chi connectivity index (χ1n) is 9.69. The summed E-state index contributed by atoms with van der Waals surface area (Å²) in [4.78, 5) is 4.84. The Hall–Kier alpha value is -1.71. The van der Waals surface area contributed by atoms with Crippen LogP contribution in [0.25, 0.3) is 0 Å². The number of hydrogen-bond acceptors (Lipinski definition) is 4. The number of likely N-dealkylation sites (tertiary alicyclic amines) is 1. The van der Waals surface area contributed by atoms with Gasteiger partial charge in [0.25, 0.3) is 0 Å². The molecular formula is C21H36N4. The molecule has 1 atom stereocenters. The fraction of sp³-hybridized carbons (Fsp3) is 0.667. The highest BCUT2D eigenvalue weighted by atomic mass is 15.2. The van der Waals surface area contributed by atoms with E-state index >= 15 is 0 Å². The molecule has 2 heterocycles. The Bertz CT molecular complexity index is 550. The van der Waals surface area contributed by atoms with Crippen molar-refractivity contribution in [1.29, 1.82) is 5.41 Å². The number of piperidine rings is 1. The van der Waals surface area contributed by atoms with Gasteiger partial charge >= 0.3 is 0 Å². The third kappa shape index (κ3) is 5.38. The van der Waals surface area contributed by atoms with Gasteiger partial charge in [-0.25, -0.2) is 0 Å². The summed E-state index contributed by atoms with van der Waals surface area (Å²) in [6, 6.07) is 0.361. The second kappa shape index (κ2) is 8.59. The molecule has 0 spiro atoms. The molecule has 0 aromatic rings. The molecule has 4 nitrogen and oxygen atoms in total. The molecule has 140 valence electrons. The normalized spacial score (nSPS) is 22.4. The highest BCUT2D eigenvalue weighted by Gasteiger charge is 2.23. The molecule has 1 fully saturated rings. The molecule has 1 saturated heterocycles. The maximum Gasteiger partial charge on any atom is 0.0738 e. The van der Waals surface area contributed by atoms with Crippen molar-refractivity contribution < 1.29 is 0 Å². The van der Waals surface area contributed by atoms with Crippen molar-refractivity contribution in [2.75, 3.05) is 20.1 Å². The fourth-order valence-electron chi connectivity index (χ4n) is 3.41. The van der Waals surface area contributed by atoms with Gasteiger partial charge in [0.1, 0.15) is 0 Å². The highest BCUT2D eigenvalue weighted by molar-refractivity contribution is 5.60. The molecule has 2 N–H and O–H groups in total. The van der Waals surface area contributed by atoms with Crippen molar-refractivity contribution in [1.82, 2.24) is 15.1 Å². The predicted octanol–water partition coefficient (Wildman–Crippen LogP) is 4.48. The Morgan fingerprint density at radius 1 is 1.32 bits per heavy atom. The van der Waals surface area contributed by atoms with Crippen LogP contribution in [0.5, 0.6) is 0 Å². The smallest absolute Gasteiger partial charge is 0.0738 e. The summed E-state index contributed by atoms with van der Waals surface area (Å²) >= 11 is 0. The monoisotopic (exact) mass is 344 g/mol. The maximum absolute atomic E-state index is 7.52. The van der Waals surface area contributed by atoms with Crippen LogP contribution in [0.4, 0.5) is 0 Å². The molecule has 0 amide bonds. The third-order valence-electron chi connectivity index (χ3n) is 5.31. The maximum atomic E-state index is 7.52. The zero-order valence-electron chi connectivity index (χ0n) is 16.7. The van der Waals surface area contributed by atoms with Gasteiger partial charge in [-0.15, -0.1) is 0 Å². The van der Waals surface area contributed by atoms with Crippen LogP contribution < -0.4 is 5.32 Å². The molecule has 0 bridgehead atoms. The topological polar surface area (TPSA) is 42.4 Å². The van der Waals surface area contributed by atoms with Crippen LogP contribution in [0.2, 0.25) is 0 Å². The molecule has 25 heavy (non-hydrogen) atoms. The van der Waals surface area contributed by atoms with Crippen molar-refractivity contribution in [3.05, 3.63) is 35.4 Å². The van der Waals surface area contributed by atoms with Crippen LogP contribution in [0.15, 0.2) is 35.4 Å². The first kappa shape index (κ1) is 19.6. The first-order chi connectivity index (χ1) is 11.9. The van der Waals surface area contributed by atoms with Crippen LogP contribution in [0, 0.1) is 10.8 Å². The number of hydrogen-bond donors (Lipinski definition) is 2. The summed E-state index contributed by atoms with van der Waals surface area (Å²) in [5.41, 5.74) is 3.92. The van der Waals surface area contributed by atoms with Crippen LogP contribution >= 0.6 is 0 Å². The van der Waals surface area contributed by atoms with E-state index in [9.17, 15) is 0 Å². The molecule has 2 aliphatic rings. The first-order valence-corrected chi connectivity index (χ1v) is 9.69.